The Morgan fingerprint density at radius 1 is 1.24 bits per heavy atom. The number of benzene rings is 2. The standard InChI is InChI=1S/C14H12FS2/c1-16-14-8-3-2-7-13(14)11-5-4-6-12(9-11)17-10-15/h2-6,8-9H,10H2,1H3. The summed E-state index contributed by atoms with van der Waals surface area (Å²) < 4.78 is 12.3. The molecule has 0 saturated heterocycles. The van der Waals surface area contributed by atoms with E-state index in [0.717, 1.165) is 16.0 Å². The number of thioether (sulfide) groups is 2. The summed E-state index contributed by atoms with van der Waals surface area (Å²) in [7, 11) is 0. The Labute approximate surface area is 110 Å². The van der Waals surface area contributed by atoms with Crippen LogP contribution in [-0.4, -0.2) is 12.3 Å². The van der Waals surface area contributed by atoms with Gasteiger partial charge in [0, 0.05) is 15.4 Å². The average molecular weight is 263 g/mol. The molecule has 0 fully saturated rings. The van der Waals surface area contributed by atoms with Crippen molar-refractivity contribution >= 4 is 23.5 Å². The molecule has 0 atom stereocenters. The molecule has 0 aromatic heterocycles. The van der Waals surface area contributed by atoms with Gasteiger partial charge in [-0.3, -0.25) is 0 Å². The summed E-state index contributed by atoms with van der Waals surface area (Å²) in [5, 5.41) is 0. The van der Waals surface area contributed by atoms with Gasteiger partial charge in [-0.1, -0.05) is 36.0 Å². The van der Waals surface area contributed by atoms with Crippen molar-refractivity contribution in [3.63, 3.8) is 0 Å². The van der Waals surface area contributed by atoms with Gasteiger partial charge in [0.05, 0.1) is 0 Å². The van der Waals surface area contributed by atoms with Crippen LogP contribution >= 0.6 is 23.5 Å². The Morgan fingerprint density at radius 3 is 2.88 bits per heavy atom. The van der Waals surface area contributed by atoms with E-state index in [-0.39, 0.29) is 0 Å². The Kier molecular flexibility index (Phi) is 4.51. The molecule has 0 heterocycles. The van der Waals surface area contributed by atoms with Crippen LogP contribution < -0.4 is 0 Å². The highest BCUT2D eigenvalue weighted by molar-refractivity contribution is 7.99. The summed E-state index contributed by atoms with van der Waals surface area (Å²) in [6.07, 6.45) is 2.05. The lowest BCUT2D eigenvalue weighted by atomic mass is 10.1. The third-order valence-corrected chi connectivity index (χ3v) is 3.86. The molecule has 0 spiro atoms. The van der Waals surface area contributed by atoms with E-state index in [4.69, 9.17) is 0 Å². The number of halogens is 1. The lowest BCUT2D eigenvalue weighted by Gasteiger charge is -2.08. The highest BCUT2D eigenvalue weighted by Gasteiger charge is 2.04. The molecule has 2 aromatic rings. The molecule has 3 heteroatoms. The van der Waals surface area contributed by atoms with E-state index in [1.54, 1.807) is 11.8 Å². The van der Waals surface area contributed by atoms with Gasteiger partial charge in [0.2, 0.25) is 0 Å². The average Bonchev–Trinajstić information content (AvgIpc) is 2.39. The van der Waals surface area contributed by atoms with Crippen molar-refractivity contribution in [1.82, 2.24) is 0 Å². The molecular weight excluding hydrogens is 251 g/mol. The third kappa shape index (κ3) is 3.05. The highest BCUT2D eigenvalue weighted by Crippen LogP contribution is 2.31. The van der Waals surface area contributed by atoms with Gasteiger partial charge in [-0.05, 0) is 36.1 Å². The van der Waals surface area contributed by atoms with E-state index in [2.05, 4.69) is 12.1 Å². The number of hydrogen-bond acceptors (Lipinski definition) is 2. The van der Waals surface area contributed by atoms with Crippen LogP contribution in [0.25, 0.3) is 11.1 Å². The molecule has 2 aromatic carbocycles. The summed E-state index contributed by atoms with van der Waals surface area (Å²) in [5.41, 5.74) is 2.18. The lowest BCUT2D eigenvalue weighted by Crippen LogP contribution is -1.83. The number of hydrogen-bond donors (Lipinski definition) is 0. The van der Waals surface area contributed by atoms with Crippen LogP contribution in [0, 0.1) is 6.07 Å². The van der Waals surface area contributed by atoms with E-state index >= 15 is 0 Å². The van der Waals surface area contributed by atoms with Crippen molar-refractivity contribution in [2.24, 2.45) is 0 Å². The van der Waals surface area contributed by atoms with Gasteiger partial charge < -0.3 is 0 Å². The number of rotatable bonds is 4. The van der Waals surface area contributed by atoms with E-state index in [9.17, 15) is 4.39 Å². The fourth-order valence-corrected chi connectivity index (χ4v) is 2.73. The summed E-state index contributed by atoms with van der Waals surface area (Å²) >= 11 is 2.91. The monoisotopic (exact) mass is 263 g/mol. The zero-order valence-corrected chi connectivity index (χ0v) is 11.1. The van der Waals surface area contributed by atoms with Crippen molar-refractivity contribution in [2.75, 3.05) is 12.3 Å². The maximum Gasteiger partial charge on any atom is 0.139 e. The van der Waals surface area contributed by atoms with Crippen LogP contribution in [0.2, 0.25) is 0 Å². The zero-order valence-electron chi connectivity index (χ0n) is 9.44. The highest BCUT2D eigenvalue weighted by atomic mass is 32.2. The first-order chi connectivity index (χ1) is 8.35. The Balaban J connectivity index is 2.41. The van der Waals surface area contributed by atoms with Crippen molar-refractivity contribution < 1.29 is 4.39 Å². The van der Waals surface area contributed by atoms with E-state index in [1.807, 2.05) is 42.7 Å². The lowest BCUT2D eigenvalue weighted by molar-refractivity contribution is 0.606. The summed E-state index contributed by atoms with van der Waals surface area (Å²) in [4.78, 5) is 2.14. The van der Waals surface area contributed by atoms with E-state index in [1.165, 1.54) is 16.7 Å². The van der Waals surface area contributed by atoms with Crippen molar-refractivity contribution in [1.29, 1.82) is 0 Å². The second-order valence-corrected chi connectivity index (χ2v) is 5.22. The minimum Gasteiger partial charge on any atom is -0.239 e. The van der Waals surface area contributed by atoms with Gasteiger partial charge in [-0.2, -0.15) is 0 Å². The second kappa shape index (κ2) is 6.12. The first-order valence-electron chi connectivity index (χ1n) is 5.19. The molecule has 0 aliphatic carbocycles. The van der Waals surface area contributed by atoms with Crippen LogP contribution in [0.4, 0.5) is 4.39 Å². The van der Waals surface area contributed by atoms with E-state index < -0.39 is 6.01 Å². The summed E-state index contributed by atoms with van der Waals surface area (Å²) in [6.45, 7) is 0. The molecule has 87 valence electrons. The summed E-state index contributed by atoms with van der Waals surface area (Å²) in [5.74, 6) is 0. The predicted octanol–water partition coefficient (Wildman–Crippen LogP) is 4.89. The number of alkyl halides is 1. The zero-order chi connectivity index (χ0) is 12.1. The molecule has 0 saturated carbocycles. The minimum atomic E-state index is -0.392. The largest absolute Gasteiger partial charge is 0.239 e. The molecule has 0 nitrogen and oxygen atoms in total. The molecule has 0 bridgehead atoms. The molecular formula is C14H12FS2. The molecule has 0 aliphatic heterocycles. The van der Waals surface area contributed by atoms with Crippen molar-refractivity contribution in [3.8, 4) is 11.1 Å². The smallest absolute Gasteiger partial charge is 0.139 e. The van der Waals surface area contributed by atoms with Crippen molar-refractivity contribution in [2.45, 2.75) is 9.79 Å². The molecule has 0 aliphatic rings. The van der Waals surface area contributed by atoms with Crippen molar-refractivity contribution in [3.05, 3.63) is 48.5 Å². The quantitative estimate of drug-likeness (QED) is 0.720. The van der Waals surface area contributed by atoms with Crippen LogP contribution in [0.15, 0.2) is 52.3 Å². The normalized spacial score (nSPS) is 10.5. The maximum absolute atomic E-state index is 12.3. The first-order valence-corrected chi connectivity index (χ1v) is 7.40. The molecule has 2 rings (SSSR count). The molecule has 0 amide bonds. The Morgan fingerprint density at radius 2 is 2.12 bits per heavy atom. The fraction of sp³-hybridized carbons (Fsp3) is 0.143. The maximum atomic E-state index is 12.3. The topological polar surface area (TPSA) is 0 Å². The summed E-state index contributed by atoms with van der Waals surface area (Å²) in [6, 6.07) is 16.7. The van der Waals surface area contributed by atoms with Gasteiger partial charge in [-0.15, -0.1) is 11.8 Å². The Hall–Kier alpha value is -0.930. The molecule has 0 N–H and O–H groups in total. The Bertz CT molecular complexity index is 497. The van der Waals surface area contributed by atoms with Crippen LogP contribution in [0.3, 0.4) is 0 Å². The first kappa shape index (κ1) is 12.5. The SMILES string of the molecule is CSc1ccc[c]c1-c1cccc(SCF)c1. The van der Waals surface area contributed by atoms with Crippen LogP contribution in [0.1, 0.15) is 0 Å². The molecule has 0 unspecified atom stereocenters. The predicted molar refractivity (Wildman–Crippen MR) is 74.3 cm³/mol. The minimum absolute atomic E-state index is 0.392. The fourth-order valence-electron chi connectivity index (χ4n) is 1.62. The van der Waals surface area contributed by atoms with Crippen LogP contribution in [-0.2, 0) is 0 Å². The van der Waals surface area contributed by atoms with Gasteiger partial charge in [0.25, 0.3) is 0 Å². The molecule has 17 heavy (non-hydrogen) atoms. The van der Waals surface area contributed by atoms with E-state index in [0.29, 0.717) is 0 Å². The second-order valence-electron chi connectivity index (χ2n) is 3.39. The van der Waals surface area contributed by atoms with Crippen LogP contribution in [0.5, 0.6) is 0 Å². The van der Waals surface area contributed by atoms with Gasteiger partial charge in [0.1, 0.15) is 6.01 Å². The van der Waals surface area contributed by atoms with Gasteiger partial charge in [-0.25, -0.2) is 4.39 Å². The molecule has 1 radical (unpaired) electrons. The van der Waals surface area contributed by atoms with Gasteiger partial charge >= 0.3 is 0 Å². The third-order valence-electron chi connectivity index (χ3n) is 2.38. The van der Waals surface area contributed by atoms with Gasteiger partial charge in [0.15, 0.2) is 0 Å².